The third-order valence-electron chi connectivity index (χ3n) is 10.9. The Morgan fingerprint density at radius 3 is 1.83 bits per heavy atom. The molecule has 0 N–H and O–H groups in total. The number of para-hydroxylation sites is 4. The van der Waals surface area contributed by atoms with Crippen molar-refractivity contribution in [1.29, 1.82) is 0 Å². The van der Waals surface area contributed by atoms with Gasteiger partial charge in [-0.05, 0) is 66.2 Å². The molecule has 0 fully saturated rings. The summed E-state index contributed by atoms with van der Waals surface area (Å²) in [4.78, 5) is 0. The summed E-state index contributed by atoms with van der Waals surface area (Å²) in [5.41, 5.74) is 11.2. The molecule has 0 amide bonds. The number of hydrogen-bond donors (Lipinski definition) is 0. The van der Waals surface area contributed by atoms with Crippen molar-refractivity contribution in [3.05, 3.63) is 170 Å². The Balaban J connectivity index is 1.11. The van der Waals surface area contributed by atoms with Crippen LogP contribution in [0.15, 0.2) is 174 Å². The lowest BCUT2D eigenvalue weighted by Gasteiger charge is -2.11. The van der Waals surface area contributed by atoms with E-state index in [1.165, 1.54) is 63.8 Å². The van der Waals surface area contributed by atoms with E-state index in [-0.39, 0.29) is 0 Å². The molecule has 0 aliphatic rings. The zero-order valence-electron chi connectivity index (χ0n) is 27.9. The van der Waals surface area contributed by atoms with Gasteiger partial charge in [-0.3, -0.25) is 0 Å². The molecule has 12 rings (SSSR count). The van der Waals surface area contributed by atoms with E-state index in [1.54, 1.807) is 0 Å². The molecule has 0 atom stereocenters. The molecule has 52 heavy (non-hydrogen) atoms. The van der Waals surface area contributed by atoms with Gasteiger partial charge in [-0.1, -0.05) is 109 Å². The van der Waals surface area contributed by atoms with Crippen LogP contribution in [0, 0.1) is 0 Å². The summed E-state index contributed by atoms with van der Waals surface area (Å²) in [6, 6.07) is 61.6. The van der Waals surface area contributed by atoms with Crippen molar-refractivity contribution >= 4 is 97.1 Å². The summed E-state index contributed by atoms with van der Waals surface area (Å²) >= 11 is 1.89. The van der Waals surface area contributed by atoms with Gasteiger partial charge < -0.3 is 13.6 Å². The fourth-order valence-corrected chi connectivity index (χ4v) is 9.92. The van der Waals surface area contributed by atoms with E-state index in [0.717, 1.165) is 44.4 Å². The first-order chi connectivity index (χ1) is 25.8. The minimum Gasteiger partial charge on any atom is -0.455 e. The Hall–Kier alpha value is -6.62. The standard InChI is InChI=1S/C48H28N2OS/c1-5-16-40-33(10-1)34-11-2-6-17-41(34)50(40)31-24-26-42-39(28-31)46-43(27-25-38-36-13-4-8-19-45(36)52-48(38)46)49(42)30-22-20-29(21-23-30)32-14-9-15-37-35-12-3-7-18-44(35)51-47(32)37/h1-28H. The van der Waals surface area contributed by atoms with Crippen LogP contribution in [-0.4, -0.2) is 9.13 Å². The number of fused-ring (bicyclic) bond motifs is 13. The van der Waals surface area contributed by atoms with Gasteiger partial charge in [-0.15, -0.1) is 11.3 Å². The predicted octanol–water partition coefficient (Wildman–Crippen LogP) is 13.8. The first kappa shape index (κ1) is 28.1. The van der Waals surface area contributed by atoms with Gasteiger partial charge in [-0.2, -0.15) is 0 Å². The monoisotopic (exact) mass is 680 g/mol. The summed E-state index contributed by atoms with van der Waals surface area (Å²) in [6.07, 6.45) is 0. The van der Waals surface area contributed by atoms with Gasteiger partial charge in [0.1, 0.15) is 11.2 Å². The Bertz CT molecular complexity index is 3360. The number of nitrogens with zero attached hydrogens (tertiary/aromatic N) is 2. The zero-order valence-corrected chi connectivity index (χ0v) is 28.7. The van der Waals surface area contributed by atoms with Crippen LogP contribution in [0.25, 0.3) is 108 Å². The number of furan rings is 1. The second-order valence-corrected chi connectivity index (χ2v) is 14.7. The average Bonchev–Trinajstić information content (AvgIpc) is 3.95. The zero-order chi connectivity index (χ0) is 33.9. The van der Waals surface area contributed by atoms with Crippen LogP contribution >= 0.6 is 11.3 Å². The van der Waals surface area contributed by atoms with E-state index < -0.39 is 0 Å². The maximum absolute atomic E-state index is 6.41. The molecule has 4 aromatic heterocycles. The highest BCUT2D eigenvalue weighted by molar-refractivity contribution is 7.26. The van der Waals surface area contributed by atoms with Gasteiger partial charge in [0, 0.05) is 69.4 Å². The Kier molecular flexibility index (Phi) is 5.65. The van der Waals surface area contributed by atoms with Crippen LogP contribution in [0.4, 0.5) is 0 Å². The molecule has 0 saturated heterocycles. The molecule has 4 heterocycles. The van der Waals surface area contributed by atoms with Crippen LogP contribution in [0.2, 0.25) is 0 Å². The summed E-state index contributed by atoms with van der Waals surface area (Å²) in [5.74, 6) is 0. The lowest BCUT2D eigenvalue weighted by molar-refractivity contribution is 0.670. The molecule has 0 bridgehead atoms. The van der Waals surface area contributed by atoms with Crippen molar-refractivity contribution < 1.29 is 4.42 Å². The minimum atomic E-state index is 0.916. The molecule has 0 aliphatic carbocycles. The number of aromatic nitrogens is 2. The van der Waals surface area contributed by atoms with Crippen molar-refractivity contribution in [3.8, 4) is 22.5 Å². The first-order valence-corrected chi connectivity index (χ1v) is 18.5. The second kappa shape index (κ2) is 10.5. The van der Waals surface area contributed by atoms with E-state index in [9.17, 15) is 0 Å². The van der Waals surface area contributed by atoms with Crippen molar-refractivity contribution in [1.82, 2.24) is 9.13 Å². The molecule has 0 radical (unpaired) electrons. The lowest BCUT2D eigenvalue weighted by atomic mass is 10.0. The van der Waals surface area contributed by atoms with Crippen LogP contribution in [-0.2, 0) is 0 Å². The van der Waals surface area contributed by atoms with E-state index in [4.69, 9.17) is 4.42 Å². The number of benzene rings is 8. The molecule has 3 nitrogen and oxygen atoms in total. The molecule has 8 aromatic carbocycles. The Morgan fingerprint density at radius 2 is 1.02 bits per heavy atom. The largest absolute Gasteiger partial charge is 0.455 e. The molecular formula is C48H28N2OS. The van der Waals surface area contributed by atoms with E-state index >= 15 is 0 Å². The highest BCUT2D eigenvalue weighted by atomic mass is 32.1. The van der Waals surface area contributed by atoms with E-state index in [2.05, 4.69) is 167 Å². The normalized spacial score (nSPS) is 12.2. The molecular weight excluding hydrogens is 653 g/mol. The summed E-state index contributed by atoms with van der Waals surface area (Å²) < 4.78 is 13.9. The molecule has 0 unspecified atom stereocenters. The molecule has 4 heteroatoms. The highest BCUT2D eigenvalue weighted by Gasteiger charge is 2.20. The topological polar surface area (TPSA) is 23.0 Å². The van der Waals surface area contributed by atoms with Crippen LogP contribution < -0.4 is 0 Å². The fourth-order valence-electron chi connectivity index (χ4n) is 8.66. The van der Waals surface area contributed by atoms with Crippen molar-refractivity contribution in [2.45, 2.75) is 0 Å². The van der Waals surface area contributed by atoms with Crippen LogP contribution in [0.1, 0.15) is 0 Å². The van der Waals surface area contributed by atoms with Crippen molar-refractivity contribution in [2.75, 3.05) is 0 Å². The predicted molar refractivity (Wildman–Crippen MR) is 221 cm³/mol. The van der Waals surface area contributed by atoms with Gasteiger partial charge in [0.25, 0.3) is 0 Å². The maximum atomic E-state index is 6.41. The van der Waals surface area contributed by atoms with Crippen molar-refractivity contribution in [3.63, 3.8) is 0 Å². The van der Waals surface area contributed by atoms with Gasteiger partial charge in [0.2, 0.25) is 0 Å². The molecule has 0 spiro atoms. The van der Waals surface area contributed by atoms with Gasteiger partial charge in [-0.25, -0.2) is 0 Å². The van der Waals surface area contributed by atoms with Gasteiger partial charge in [0.05, 0.1) is 22.1 Å². The Morgan fingerprint density at radius 1 is 0.404 bits per heavy atom. The quantitative estimate of drug-likeness (QED) is 0.182. The van der Waals surface area contributed by atoms with Crippen LogP contribution in [0.5, 0.6) is 0 Å². The maximum Gasteiger partial charge on any atom is 0.143 e. The smallest absolute Gasteiger partial charge is 0.143 e. The minimum absolute atomic E-state index is 0.916. The first-order valence-electron chi connectivity index (χ1n) is 17.7. The van der Waals surface area contributed by atoms with Gasteiger partial charge in [0.15, 0.2) is 0 Å². The fraction of sp³-hybridized carbons (Fsp3) is 0. The van der Waals surface area contributed by atoms with E-state index in [1.807, 2.05) is 23.5 Å². The van der Waals surface area contributed by atoms with E-state index in [0.29, 0.717) is 0 Å². The number of rotatable bonds is 3. The number of thiophene rings is 1. The summed E-state index contributed by atoms with van der Waals surface area (Å²) in [6.45, 7) is 0. The highest BCUT2D eigenvalue weighted by Crippen LogP contribution is 2.45. The van der Waals surface area contributed by atoms with Crippen LogP contribution in [0.3, 0.4) is 0 Å². The summed E-state index contributed by atoms with van der Waals surface area (Å²) in [5, 5.41) is 10.0. The molecule has 0 saturated carbocycles. The summed E-state index contributed by atoms with van der Waals surface area (Å²) in [7, 11) is 0. The average molecular weight is 681 g/mol. The molecule has 12 aromatic rings. The SMILES string of the molecule is c1ccc2c(c1)oc1c(-c3ccc(-n4c5ccc(-n6c7ccccc7c7ccccc76)cc5c5c6sc7ccccc7c6ccc54)cc3)cccc12. The lowest BCUT2D eigenvalue weighted by Crippen LogP contribution is -1.96. The second-order valence-electron chi connectivity index (χ2n) is 13.7. The molecule has 242 valence electrons. The number of hydrogen-bond acceptors (Lipinski definition) is 2. The molecule has 0 aliphatic heterocycles. The Labute approximate surface area is 301 Å². The van der Waals surface area contributed by atoms with Gasteiger partial charge >= 0.3 is 0 Å². The third kappa shape index (κ3) is 3.79. The van der Waals surface area contributed by atoms with Crippen molar-refractivity contribution in [2.24, 2.45) is 0 Å². The third-order valence-corrected chi connectivity index (χ3v) is 12.1.